The van der Waals surface area contributed by atoms with Gasteiger partial charge in [0.25, 0.3) is 0 Å². The van der Waals surface area contributed by atoms with Crippen molar-refractivity contribution in [2.75, 3.05) is 0 Å². The average Bonchev–Trinajstić information content (AvgIpc) is 2.17. The molecule has 0 aliphatic rings. The summed E-state index contributed by atoms with van der Waals surface area (Å²) in [6.45, 7) is 0.581. The number of nitrogens with two attached hydrogens (primary N) is 1. The number of hydrogen-bond acceptors (Lipinski definition) is 4. The van der Waals surface area contributed by atoms with E-state index in [1.165, 1.54) is 0 Å². The van der Waals surface area contributed by atoms with Crippen molar-refractivity contribution < 1.29 is 23.2 Å². The molecular weight excluding hydrogens is 275 g/mol. The zero-order chi connectivity index (χ0) is 12.6. The molecule has 1 aromatic rings. The van der Waals surface area contributed by atoms with Crippen molar-refractivity contribution in [1.82, 2.24) is 0 Å². The lowest BCUT2D eigenvalue weighted by Crippen LogP contribution is -1.94. The maximum absolute atomic E-state index is 9.44. The van der Waals surface area contributed by atoms with E-state index in [1.54, 1.807) is 0 Å². The summed E-state index contributed by atoms with van der Waals surface area (Å²) in [6.07, 6.45) is 0. The van der Waals surface area contributed by atoms with Gasteiger partial charge in [0.1, 0.15) is 0 Å². The molecule has 9 heteroatoms. The molecule has 92 valence electrons. The number of rotatable bonds is 3. The van der Waals surface area contributed by atoms with Gasteiger partial charge in [-0.3, -0.25) is 9.13 Å². The molecule has 0 amide bonds. The van der Waals surface area contributed by atoms with Crippen LogP contribution in [0.3, 0.4) is 0 Å². The van der Waals surface area contributed by atoms with Crippen LogP contribution in [0.25, 0.3) is 0 Å². The van der Waals surface area contributed by atoms with E-state index in [0.717, 1.165) is 10.6 Å². The van der Waals surface area contributed by atoms with Crippen molar-refractivity contribution in [2.24, 2.45) is 5.73 Å². The summed E-state index contributed by atoms with van der Waals surface area (Å²) in [7, 11) is -6.40. The molecule has 2 atom stereocenters. The second kappa shape index (κ2) is 8.90. The highest BCUT2D eigenvalue weighted by atomic mass is 35.5. The quantitative estimate of drug-likeness (QED) is 0.728. The van der Waals surface area contributed by atoms with Crippen LogP contribution in [-0.4, -0.2) is 9.79 Å². The van der Waals surface area contributed by atoms with Crippen molar-refractivity contribution in [1.29, 1.82) is 0 Å². The summed E-state index contributed by atoms with van der Waals surface area (Å²) in [5.41, 5.74) is 6.47. The highest BCUT2D eigenvalue weighted by molar-refractivity contribution is 7.46. The minimum atomic E-state index is -3.20. The van der Waals surface area contributed by atoms with Gasteiger partial charge in [-0.15, -0.1) is 0 Å². The fourth-order valence-corrected chi connectivity index (χ4v) is 1.42. The van der Waals surface area contributed by atoms with Gasteiger partial charge in [0.05, 0.1) is 0 Å². The lowest BCUT2D eigenvalue weighted by Gasteiger charge is -1.93. The van der Waals surface area contributed by atoms with E-state index >= 15 is 0 Å². The number of hydrogen-bond donors (Lipinski definition) is 3. The first kappa shape index (κ1) is 15.8. The zero-order valence-electron chi connectivity index (χ0n) is 8.09. The van der Waals surface area contributed by atoms with Crippen LogP contribution in [0.1, 0.15) is 5.56 Å². The summed E-state index contributed by atoms with van der Waals surface area (Å²) in [6, 6.07) is 7.51. The van der Waals surface area contributed by atoms with Gasteiger partial charge in [0.2, 0.25) is 0 Å². The van der Waals surface area contributed by atoms with Gasteiger partial charge in [-0.05, 0) is 17.7 Å². The second-order valence-electron chi connectivity index (χ2n) is 2.46. The molecule has 1 aromatic carbocycles. The summed E-state index contributed by atoms with van der Waals surface area (Å²) in [5, 5.41) is 0.757. The Hall–Kier alpha value is -0.190. The average molecular weight is 288 g/mol. The smallest absolute Gasteiger partial charge is 0.323 e. The predicted octanol–water partition coefficient (Wildman–Crippen LogP) is 1.57. The lowest BCUT2D eigenvalue weighted by molar-refractivity contribution is 0.371. The Balaban J connectivity index is 0.000000293. The van der Waals surface area contributed by atoms with Gasteiger partial charge in [-0.1, -0.05) is 23.7 Å². The maximum Gasteiger partial charge on any atom is 0.323 e. The van der Waals surface area contributed by atoms with Gasteiger partial charge >= 0.3 is 16.5 Å². The Morgan fingerprint density at radius 3 is 1.88 bits per heavy atom. The molecule has 2 unspecified atom stereocenters. The molecule has 0 spiro atoms. The van der Waals surface area contributed by atoms with Gasteiger partial charge in [0, 0.05) is 11.6 Å². The fourth-order valence-electron chi connectivity index (χ4n) is 0.695. The van der Waals surface area contributed by atoms with Crippen LogP contribution in [0.5, 0.6) is 0 Å². The highest BCUT2D eigenvalue weighted by Crippen LogP contribution is 2.30. The molecule has 0 saturated carbocycles. The first-order valence-corrected chi connectivity index (χ1v) is 6.94. The molecule has 0 aliphatic heterocycles. The molecular formula is C7H12ClNO5P2. The van der Waals surface area contributed by atoms with E-state index in [1.807, 2.05) is 24.3 Å². The monoisotopic (exact) mass is 287 g/mol. The predicted molar refractivity (Wildman–Crippen MR) is 62.9 cm³/mol. The molecule has 16 heavy (non-hydrogen) atoms. The Morgan fingerprint density at radius 1 is 1.19 bits per heavy atom. The zero-order valence-corrected chi connectivity index (χ0v) is 10.8. The molecule has 0 aliphatic carbocycles. The van der Waals surface area contributed by atoms with E-state index < -0.39 is 16.5 Å². The van der Waals surface area contributed by atoms with Crippen LogP contribution < -0.4 is 5.73 Å². The Labute approximate surface area is 98.9 Å². The molecule has 0 radical (unpaired) electrons. The number of halogens is 1. The summed E-state index contributed by atoms with van der Waals surface area (Å²) < 4.78 is 22.3. The first-order valence-electron chi connectivity index (χ1n) is 4.04. The lowest BCUT2D eigenvalue weighted by atomic mass is 10.2. The molecule has 0 aromatic heterocycles. The van der Waals surface area contributed by atoms with Gasteiger partial charge in [-0.2, -0.15) is 0 Å². The molecule has 4 N–H and O–H groups in total. The molecule has 6 nitrogen and oxygen atoms in total. The van der Waals surface area contributed by atoms with Crippen molar-refractivity contribution in [2.45, 2.75) is 6.54 Å². The third-order valence-corrected chi connectivity index (χ3v) is 2.97. The van der Waals surface area contributed by atoms with Crippen LogP contribution in [0.4, 0.5) is 0 Å². The summed E-state index contributed by atoms with van der Waals surface area (Å²) in [4.78, 5) is 15.4. The summed E-state index contributed by atoms with van der Waals surface area (Å²) in [5.74, 6) is 0. The van der Waals surface area contributed by atoms with Crippen LogP contribution in [0, 0.1) is 0 Å². The normalized spacial score (nSPS) is 13.5. The van der Waals surface area contributed by atoms with Crippen LogP contribution in [-0.2, 0) is 20.0 Å². The van der Waals surface area contributed by atoms with Gasteiger partial charge in [0.15, 0.2) is 0 Å². The molecule has 0 fully saturated rings. The largest absolute Gasteiger partial charge is 0.326 e. The second-order valence-corrected chi connectivity index (χ2v) is 4.78. The molecule has 0 heterocycles. The topological polar surface area (TPSA) is 110 Å². The third kappa shape index (κ3) is 9.07. The van der Waals surface area contributed by atoms with E-state index in [9.17, 15) is 9.13 Å². The van der Waals surface area contributed by atoms with Crippen molar-refractivity contribution in [3.05, 3.63) is 34.9 Å². The standard InChI is InChI=1S/C7H8ClN.H4O5P2/c8-7-3-1-6(5-9)2-4-7;1-6(2)5-7(3)4/h1-4H,5,9H2;6-7H,(H,1,2)(H,3,4). The van der Waals surface area contributed by atoms with Crippen molar-refractivity contribution >= 4 is 28.1 Å². The SMILES string of the molecule is NCc1ccc(Cl)cc1.O=[PH](O)O[PH](=O)O. The minimum Gasteiger partial charge on any atom is -0.326 e. The van der Waals surface area contributed by atoms with Gasteiger partial charge in [-0.25, -0.2) is 4.31 Å². The Bertz CT molecular complexity index is 346. The Morgan fingerprint density at radius 2 is 1.62 bits per heavy atom. The van der Waals surface area contributed by atoms with Crippen molar-refractivity contribution in [3.63, 3.8) is 0 Å². The fraction of sp³-hybridized carbons (Fsp3) is 0.143. The third-order valence-electron chi connectivity index (χ3n) is 1.32. The van der Waals surface area contributed by atoms with E-state index in [0.29, 0.717) is 6.54 Å². The Kier molecular flexibility index (Phi) is 8.80. The number of benzene rings is 1. The van der Waals surface area contributed by atoms with Crippen LogP contribution in [0.15, 0.2) is 24.3 Å². The van der Waals surface area contributed by atoms with E-state index in [2.05, 4.69) is 4.31 Å². The van der Waals surface area contributed by atoms with Crippen LogP contribution >= 0.6 is 28.1 Å². The molecule has 0 bridgehead atoms. The first-order chi connectivity index (χ1) is 7.45. The molecule has 0 saturated heterocycles. The molecule has 1 rings (SSSR count). The van der Waals surface area contributed by atoms with Gasteiger partial charge < -0.3 is 15.5 Å². The maximum atomic E-state index is 9.44. The van der Waals surface area contributed by atoms with E-state index in [-0.39, 0.29) is 0 Å². The highest BCUT2D eigenvalue weighted by Gasteiger charge is 1.93. The van der Waals surface area contributed by atoms with Crippen molar-refractivity contribution in [3.8, 4) is 0 Å². The van der Waals surface area contributed by atoms with E-state index in [4.69, 9.17) is 27.1 Å². The van der Waals surface area contributed by atoms with Crippen LogP contribution in [0.2, 0.25) is 5.02 Å². The minimum absolute atomic E-state index is 0.581. The summed E-state index contributed by atoms with van der Waals surface area (Å²) >= 11 is 5.63.